The number of pyridine rings is 1. The molecule has 2 aromatic carbocycles. The van der Waals surface area contributed by atoms with Gasteiger partial charge in [0.05, 0.1) is 77.2 Å². The van der Waals surface area contributed by atoms with Crippen LogP contribution in [-0.4, -0.2) is 79.1 Å². The van der Waals surface area contributed by atoms with Crippen molar-refractivity contribution in [2.45, 2.75) is 51.6 Å². The van der Waals surface area contributed by atoms with E-state index in [-0.39, 0.29) is 11.8 Å². The predicted molar refractivity (Wildman–Crippen MR) is 152 cm³/mol. The number of carbonyl (C=O) groups is 2. The lowest BCUT2D eigenvalue weighted by Crippen LogP contribution is -2.43. The maximum absolute atomic E-state index is 12.6. The monoisotopic (exact) mass is 517 g/mol. The quantitative estimate of drug-likeness (QED) is 0.317. The number of nitrogens with zero attached hydrogens (tertiary/aromatic N) is 3. The zero-order valence-electron chi connectivity index (χ0n) is 23.1. The van der Waals surface area contributed by atoms with Crippen LogP contribution in [0.4, 0.5) is 0 Å². The topological polar surface area (TPSA) is 71.1 Å². The zero-order chi connectivity index (χ0) is 26.6. The number of aromatic nitrogens is 1. The molecule has 7 heteroatoms. The van der Waals surface area contributed by atoms with Gasteiger partial charge < -0.3 is 19.6 Å². The Hall–Kier alpha value is -3.03. The molecule has 0 bridgehead atoms. The van der Waals surface area contributed by atoms with E-state index in [1.54, 1.807) is 0 Å². The molecule has 2 amide bonds. The SMILES string of the molecule is C[N+]1(CCC(=O)NCc2cccc3cc4cccc(CNC(=O)CC[N+]5(C)CCCC5)c4nc23)CCCC1. The number of likely N-dealkylation sites (tertiary alicyclic amines) is 2. The van der Waals surface area contributed by atoms with Gasteiger partial charge in [0.1, 0.15) is 0 Å². The molecule has 0 atom stereocenters. The lowest BCUT2D eigenvalue weighted by molar-refractivity contribution is -0.897. The molecule has 2 aliphatic heterocycles. The molecule has 0 saturated carbocycles. The molecule has 2 N–H and O–H groups in total. The molecule has 202 valence electrons. The summed E-state index contributed by atoms with van der Waals surface area (Å²) < 4.78 is 2.01. The minimum absolute atomic E-state index is 0.0996. The van der Waals surface area contributed by atoms with E-state index in [4.69, 9.17) is 4.98 Å². The minimum atomic E-state index is 0.0996. The third-order valence-corrected chi connectivity index (χ3v) is 8.84. The molecule has 0 aliphatic carbocycles. The van der Waals surface area contributed by atoms with Gasteiger partial charge in [-0.15, -0.1) is 0 Å². The Bertz CT molecular complexity index is 1210. The van der Waals surface area contributed by atoms with Gasteiger partial charge in [0.2, 0.25) is 11.8 Å². The molecule has 3 aromatic rings. The molecular weight excluding hydrogens is 474 g/mol. The molecule has 2 fully saturated rings. The smallest absolute Gasteiger partial charge is 0.225 e. The summed E-state index contributed by atoms with van der Waals surface area (Å²) in [4.78, 5) is 30.3. The van der Waals surface area contributed by atoms with Gasteiger partial charge in [-0.2, -0.15) is 0 Å². The van der Waals surface area contributed by atoms with Crippen LogP contribution in [0.5, 0.6) is 0 Å². The second-order valence-electron chi connectivity index (χ2n) is 12.0. The normalized spacial score (nSPS) is 18.2. The summed E-state index contributed by atoms with van der Waals surface area (Å²) in [5.41, 5.74) is 3.84. The van der Waals surface area contributed by atoms with E-state index in [9.17, 15) is 9.59 Å². The highest BCUT2D eigenvalue weighted by atomic mass is 16.2. The number of rotatable bonds is 10. The summed E-state index contributed by atoms with van der Waals surface area (Å²) in [6.07, 6.45) is 6.16. The van der Waals surface area contributed by atoms with Crippen LogP contribution in [0.15, 0.2) is 42.5 Å². The van der Waals surface area contributed by atoms with Crippen LogP contribution in [0.3, 0.4) is 0 Å². The molecule has 3 heterocycles. The molecule has 7 nitrogen and oxygen atoms in total. The van der Waals surface area contributed by atoms with E-state index in [1.807, 2.05) is 24.3 Å². The van der Waals surface area contributed by atoms with Crippen molar-refractivity contribution in [3.63, 3.8) is 0 Å². The molecule has 0 unspecified atom stereocenters. The van der Waals surface area contributed by atoms with Crippen LogP contribution < -0.4 is 10.6 Å². The van der Waals surface area contributed by atoms with Crippen molar-refractivity contribution in [3.05, 3.63) is 53.6 Å². The number of carbonyl (C=O) groups excluding carboxylic acids is 2. The number of amides is 2. The highest BCUT2D eigenvalue weighted by Crippen LogP contribution is 2.25. The van der Waals surface area contributed by atoms with Crippen molar-refractivity contribution in [1.29, 1.82) is 0 Å². The number of quaternary nitrogens is 2. The number of hydrogen-bond donors (Lipinski definition) is 2. The Kier molecular flexibility index (Phi) is 7.96. The van der Waals surface area contributed by atoms with Gasteiger partial charge in [-0.3, -0.25) is 9.59 Å². The maximum atomic E-state index is 12.6. The van der Waals surface area contributed by atoms with Crippen molar-refractivity contribution < 1.29 is 18.6 Å². The fourth-order valence-electron chi connectivity index (χ4n) is 6.24. The first-order chi connectivity index (χ1) is 18.3. The van der Waals surface area contributed by atoms with Gasteiger partial charge in [0, 0.05) is 49.5 Å². The molecule has 0 spiro atoms. The van der Waals surface area contributed by atoms with Gasteiger partial charge in [-0.25, -0.2) is 4.98 Å². The van der Waals surface area contributed by atoms with Gasteiger partial charge in [0.25, 0.3) is 0 Å². The summed E-state index contributed by atoms with van der Waals surface area (Å²) in [7, 11) is 4.52. The lowest BCUT2D eigenvalue weighted by atomic mass is 10.0. The van der Waals surface area contributed by atoms with Crippen LogP contribution in [0, 0.1) is 0 Å². The van der Waals surface area contributed by atoms with Crippen molar-refractivity contribution >= 4 is 33.6 Å². The number of nitrogens with one attached hydrogen (secondary N) is 2. The highest BCUT2D eigenvalue weighted by molar-refractivity contribution is 5.95. The molecule has 5 rings (SSSR count). The van der Waals surface area contributed by atoms with Crippen LogP contribution in [0.1, 0.15) is 49.7 Å². The number of para-hydroxylation sites is 2. The summed E-state index contributed by atoms with van der Waals surface area (Å²) >= 11 is 0. The second-order valence-corrected chi connectivity index (χ2v) is 12.0. The van der Waals surface area contributed by atoms with Crippen molar-refractivity contribution in [1.82, 2.24) is 15.6 Å². The highest BCUT2D eigenvalue weighted by Gasteiger charge is 2.28. The van der Waals surface area contributed by atoms with Crippen molar-refractivity contribution in [2.24, 2.45) is 0 Å². The first-order valence-corrected chi connectivity index (χ1v) is 14.3. The van der Waals surface area contributed by atoms with E-state index < -0.39 is 0 Å². The number of hydrogen-bond acceptors (Lipinski definition) is 3. The Morgan fingerprint density at radius 3 is 1.55 bits per heavy atom. The lowest BCUT2D eigenvalue weighted by Gasteiger charge is -2.28. The van der Waals surface area contributed by atoms with E-state index in [2.05, 4.69) is 42.9 Å². The van der Waals surface area contributed by atoms with Gasteiger partial charge in [-0.05, 0) is 17.2 Å². The first-order valence-electron chi connectivity index (χ1n) is 14.3. The summed E-state index contributed by atoms with van der Waals surface area (Å²) in [5, 5.41) is 8.37. The van der Waals surface area contributed by atoms with E-state index >= 15 is 0 Å². The Morgan fingerprint density at radius 2 is 1.13 bits per heavy atom. The molecule has 2 saturated heterocycles. The van der Waals surface area contributed by atoms with E-state index in [0.29, 0.717) is 25.9 Å². The molecule has 0 radical (unpaired) electrons. The van der Waals surface area contributed by atoms with Crippen molar-refractivity contribution in [3.8, 4) is 0 Å². The number of fused-ring (bicyclic) bond motifs is 2. The average Bonchev–Trinajstić information content (AvgIpc) is 3.56. The van der Waals surface area contributed by atoms with Crippen LogP contribution in [0.25, 0.3) is 21.8 Å². The Balaban J connectivity index is 1.25. The molecule has 38 heavy (non-hydrogen) atoms. The third-order valence-electron chi connectivity index (χ3n) is 8.84. The largest absolute Gasteiger partial charge is 0.352 e. The van der Waals surface area contributed by atoms with Gasteiger partial charge >= 0.3 is 0 Å². The first kappa shape index (κ1) is 26.6. The standard InChI is InChI=1S/C31H41N5O2/c1-35(15-3-4-16-35)19-13-28(37)32-22-26-11-7-9-24-21-25-10-8-12-27(31(25)34-30(24)26)23-33-29(38)14-20-36(2)17-5-6-18-36/h7-12,21H,3-6,13-20,22-23H2,1-2H3/p+2. The Labute approximate surface area is 226 Å². The minimum Gasteiger partial charge on any atom is -0.352 e. The second kappa shape index (κ2) is 11.4. The predicted octanol–water partition coefficient (Wildman–Crippen LogP) is 3.88. The molecule has 1 aromatic heterocycles. The summed E-state index contributed by atoms with van der Waals surface area (Å²) in [6.45, 7) is 7.44. The van der Waals surface area contributed by atoms with Gasteiger partial charge in [0.15, 0.2) is 0 Å². The number of benzene rings is 2. The zero-order valence-corrected chi connectivity index (χ0v) is 23.1. The summed E-state index contributed by atoms with van der Waals surface area (Å²) in [5.74, 6) is 0.199. The maximum Gasteiger partial charge on any atom is 0.225 e. The van der Waals surface area contributed by atoms with Gasteiger partial charge in [-0.1, -0.05) is 36.4 Å². The molecule has 2 aliphatic rings. The fourth-order valence-corrected chi connectivity index (χ4v) is 6.24. The average molecular weight is 518 g/mol. The van der Waals surface area contributed by atoms with E-state index in [1.165, 1.54) is 51.9 Å². The molecular formula is C31H43N5O2+2. The van der Waals surface area contributed by atoms with Crippen molar-refractivity contribution in [2.75, 3.05) is 53.4 Å². The fraction of sp³-hybridized carbons (Fsp3) is 0.516. The van der Waals surface area contributed by atoms with Crippen LogP contribution in [-0.2, 0) is 22.7 Å². The van der Waals surface area contributed by atoms with Crippen LogP contribution >= 0.6 is 0 Å². The van der Waals surface area contributed by atoms with E-state index in [0.717, 1.165) is 55.0 Å². The van der Waals surface area contributed by atoms with Crippen LogP contribution in [0.2, 0.25) is 0 Å². The third kappa shape index (κ3) is 6.33. The summed E-state index contributed by atoms with van der Waals surface area (Å²) in [6, 6.07) is 14.4. The Morgan fingerprint density at radius 1 is 0.711 bits per heavy atom.